The molecule has 1 aromatic carbocycles. The fourth-order valence-electron chi connectivity index (χ4n) is 2.26. The molecule has 1 aromatic rings. The number of aryl methyl sites for hydroxylation is 1. The van der Waals surface area contributed by atoms with E-state index in [0.717, 1.165) is 12.4 Å². The quantitative estimate of drug-likeness (QED) is 0.805. The summed E-state index contributed by atoms with van der Waals surface area (Å²) in [6.07, 6.45) is 0.228. The molecule has 0 saturated heterocycles. The van der Waals surface area contributed by atoms with E-state index in [1.165, 1.54) is 11.1 Å². The zero-order chi connectivity index (χ0) is 15.3. The monoisotopic (exact) mass is 279 g/mol. The maximum absolute atomic E-state index is 9.90. The molecule has 0 aliphatic heterocycles. The molecule has 0 aromatic heterocycles. The van der Waals surface area contributed by atoms with Crippen LogP contribution in [0, 0.1) is 12.8 Å². The molecule has 0 amide bonds. The van der Waals surface area contributed by atoms with Gasteiger partial charge < -0.3 is 15.6 Å². The van der Waals surface area contributed by atoms with Gasteiger partial charge in [-0.1, -0.05) is 26.8 Å². The van der Waals surface area contributed by atoms with Gasteiger partial charge in [-0.3, -0.25) is 0 Å². The smallest absolute Gasteiger partial charge is 0.119 e. The van der Waals surface area contributed by atoms with Crippen molar-refractivity contribution >= 4 is 0 Å². The van der Waals surface area contributed by atoms with E-state index in [1.807, 2.05) is 13.0 Å². The first-order chi connectivity index (χ1) is 9.31. The molecule has 3 nitrogen and oxygen atoms in total. The molecule has 0 radical (unpaired) electrons. The highest BCUT2D eigenvalue weighted by molar-refractivity contribution is 5.36. The molecular weight excluding hydrogens is 250 g/mol. The Kier molecular flexibility index (Phi) is 6.50. The summed E-state index contributed by atoms with van der Waals surface area (Å²) in [5.41, 5.74) is 8.18. The van der Waals surface area contributed by atoms with Gasteiger partial charge in [-0.15, -0.1) is 0 Å². The van der Waals surface area contributed by atoms with Gasteiger partial charge in [-0.2, -0.15) is 0 Å². The molecule has 20 heavy (non-hydrogen) atoms. The minimum atomic E-state index is -0.457. The SMILES string of the molecule is Cc1cc(OCC(C)C)ccc1C(C)CC(O)C(C)N. The van der Waals surface area contributed by atoms with Crippen LogP contribution >= 0.6 is 0 Å². The van der Waals surface area contributed by atoms with Crippen molar-refractivity contribution < 1.29 is 9.84 Å². The number of hydrogen-bond acceptors (Lipinski definition) is 3. The molecule has 3 heteroatoms. The van der Waals surface area contributed by atoms with Gasteiger partial charge in [-0.05, 0) is 55.4 Å². The Labute approximate surface area is 123 Å². The molecule has 0 aliphatic rings. The van der Waals surface area contributed by atoms with Crippen LogP contribution in [0.25, 0.3) is 0 Å². The Morgan fingerprint density at radius 1 is 1.20 bits per heavy atom. The van der Waals surface area contributed by atoms with E-state index < -0.39 is 6.10 Å². The molecule has 0 aliphatic carbocycles. The molecule has 3 unspecified atom stereocenters. The topological polar surface area (TPSA) is 55.5 Å². The lowest BCUT2D eigenvalue weighted by Gasteiger charge is -2.21. The maximum Gasteiger partial charge on any atom is 0.119 e. The molecule has 0 bridgehead atoms. The first-order valence-electron chi connectivity index (χ1n) is 7.48. The fraction of sp³-hybridized carbons (Fsp3) is 0.647. The van der Waals surface area contributed by atoms with E-state index >= 15 is 0 Å². The summed E-state index contributed by atoms with van der Waals surface area (Å²) in [6.45, 7) is 11.1. The van der Waals surface area contributed by atoms with E-state index in [2.05, 4.69) is 39.8 Å². The van der Waals surface area contributed by atoms with Crippen LogP contribution in [-0.4, -0.2) is 23.9 Å². The molecule has 0 heterocycles. The summed E-state index contributed by atoms with van der Waals surface area (Å²) in [7, 11) is 0. The summed E-state index contributed by atoms with van der Waals surface area (Å²) < 4.78 is 5.73. The molecule has 0 fully saturated rings. The minimum absolute atomic E-state index is 0.189. The highest BCUT2D eigenvalue weighted by Crippen LogP contribution is 2.27. The Bertz CT molecular complexity index is 415. The van der Waals surface area contributed by atoms with Crippen molar-refractivity contribution in [2.75, 3.05) is 6.61 Å². The van der Waals surface area contributed by atoms with Gasteiger partial charge in [-0.25, -0.2) is 0 Å². The summed E-state index contributed by atoms with van der Waals surface area (Å²) in [4.78, 5) is 0. The second kappa shape index (κ2) is 7.65. The number of rotatable bonds is 7. The van der Waals surface area contributed by atoms with E-state index in [-0.39, 0.29) is 12.0 Å². The molecule has 0 spiro atoms. The van der Waals surface area contributed by atoms with E-state index in [9.17, 15) is 5.11 Å². The van der Waals surface area contributed by atoms with Gasteiger partial charge in [0.25, 0.3) is 0 Å². The Balaban J connectivity index is 2.72. The summed E-state index contributed by atoms with van der Waals surface area (Å²) in [6, 6.07) is 6.00. The average molecular weight is 279 g/mol. The third kappa shape index (κ3) is 5.14. The minimum Gasteiger partial charge on any atom is -0.493 e. The van der Waals surface area contributed by atoms with E-state index in [4.69, 9.17) is 10.5 Å². The average Bonchev–Trinajstić information content (AvgIpc) is 2.35. The normalized spacial score (nSPS) is 16.0. The molecule has 114 valence electrons. The van der Waals surface area contributed by atoms with Gasteiger partial charge in [0.1, 0.15) is 5.75 Å². The Hall–Kier alpha value is -1.06. The van der Waals surface area contributed by atoms with Crippen molar-refractivity contribution in [2.24, 2.45) is 11.7 Å². The Morgan fingerprint density at radius 3 is 2.35 bits per heavy atom. The lowest BCUT2D eigenvalue weighted by atomic mass is 9.90. The van der Waals surface area contributed by atoms with Gasteiger partial charge in [0.05, 0.1) is 12.7 Å². The van der Waals surface area contributed by atoms with Crippen LogP contribution in [0.1, 0.15) is 51.2 Å². The second-order valence-electron chi connectivity index (χ2n) is 6.29. The zero-order valence-corrected chi connectivity index (χ0v) is 13.4. The Morgan fingerprint density at radius 2 is 1.85 bits per heavy atom. The number of aliphatic hydroxyl groups is 1. The predicted molar refractivity (Wildman–Crippen MR) is 84.2 cm³/mol. The van der Waals surface area contributed by atoms with Gasteiger partial charge >= 0.3 is 0 Å². The fourth-order valence-corrected chi connectivity index (χ4v) is 2.26. The van der Waals surface area contributed by atoms with Crippen LogP contribution < -0.4 is 10.5 Å². The van der Waals surface area contributed by atoms with Crippen LogP contribution in [0.4, 0.5) is 0 Å². The van der Waals surface area contributed by atoms with Gasteiger partial charge in [0.15, 0.2) is 0 Å². The van der Waals surface area contributed by atoms with Crippen molar-refractivity contribution in [3.8, 4) is 5.75 Å². The first-order valence-corrected chi connectivity index (χ1v) is 7.48. The summed E-state index contributed by atoms with van der Waals surface area (Å²) >= 11 is 0. The molecule has 0 saturated carbocycles. The largest absolute Gasteiger partial charge is 0.493 e. The van der Waals surface area contributed by atoms with Crippen LogP contribution in [-0.2, 0) is 0 Å². The number of ether oxygens (including phenoxy) is 1. The molecule has 1 rings (SSSR count). The zero-order valence-electron chi connectivity index (χ0n) is 13.4. The standard InChI is InChI=1S/C17H29NO2/c1-11(2)10-20-15-6-7-16(12(3)8-15)13(4)9-17(19)14(5)18/h6-8,11,13-14,17,19H,9-10,18H2,1-5H3. The second-order valence-corrected chi connectivity index (χ2v) is 6.29. The summed E-state index contributed by atoms with van der Waals surface area (Å²) in [5.74, 6) is 1.73. The third-order valence-corrected chi connectivity index (χ3v) is 3.56. The number of benzene rings is 1. The molecule has 3 N–H and O–H groups in total. The molecular formula is C17H29NO2. The van der Waals surface area contributed by atoms with Crippen LogP contribution in [0.2, 0.25) is 0 Å². The number of aliphatic hydroxyl groups excluding tert-OH is 1. The van der Waals surface area contributed by atoms with Crippen LogP contribution in [0.3, 0.4) is 0 Å². The number of hydrogen-bond donors (Lipinski definition) is 2. The lowest BCUT2D eigenvalue weighted by molar-refractivity contribution is 0.134. The predicted octanol–water partition coefficient (Wildman–Crippen LogP) is 3.23. The van der Waals surface area contributed by atoms with Crippen molar-refractivity contribution in [2.45, 2.75) is 59.1 Å². The van der Waals surface area contributed by atoms with Crippen molar-refractivity contribution in [1.29, 1.82) is 0 Å². The van der Waals surface area contributed by atoms with E-state index in [0.29, 0.717) is 12.3 Å². The molecule has 3 atom stereocenters. The van der Waals surface area contributed by atoms with Gasteiger partial charge in [0, 0.05) is 6.04 Å². The van der Waals surface area contributed by atoms with Gasteiger partial charge in [0.2, 0.25) is 0 Å². The summed E-state index contributed by atoms with van der Waals surface area (Å²) in [5, 5.41) is 9.90. The lowest BCUT2D eigenvalue weighted by Crippen LogP contribution is -2.32. The first kappa shape index (κ1) is 17.0. The van der Waals surface area contributed by atoms with Crippen molar-refractivity contribution in [3.63, 3.8) is 0 Å². The van der Waals surface area contributed by atoms with E-state index in [1.54, 1.807) is 0 Å². The van der Waals surface area contributed by atoms with Crippen molar-refractivity contribution in [1.82, 2.24) is 0 Å². The maximum atomic E-state index is 9.90. The third-order valence-electron chi connectivity index (χ3n) is 3.56. The highest BCUT2D eigenvalue weighted by Gasteiger charge is 2.17. The van der Waals surface area contributed by atoms with Crippen molar-refractivity contribution in [3.05, 3.63) is 29.3 Å². The van der Waals surface area contributed by atoms with Crippen LogP contribution in [0.15, 0.2) is 18.2 Å². The van der Waals surface area contributed by atoms with Crippen LogP contribution in [0.5, 0.6) is 5.75 Å². The number of nitrogens with two attached hydrogens (primary N) is 1. The highest BCUT2D eigenvalue weighted by atomic mass is 16.5.